The first-order valence-electron chi connectivity index (χ1n) is 12.1. The fraction of sp³-hybridized carbons (Fsp3) is 0.276. The van der Waals surface area contributed by atoms with Crippen molar-refractivity contribution in [3.05, 3.63) is 95.0 Å². The summed E-state index contributed by atoms with van der Waals surface area (Å²) in [5.41, 5.74) is -0.281. The average molecular weight is 535 g/mol. The van der Waals surface area contributed by atoms with Crippen LogP contribution < -0.4 is 10.4 Å². The number of nitrogens with one attached hydrogen (secondary N) is 1. The van der Waals surface area contributed by atoms with Gasteiger partial charge >= 0.3 is 11.9 Å². The summed E-state index contributed by atoms with van der Waals surface area (Å²) < 4.78 is 10.3. The smallest absolute Gasteiger partial charge is 0.324 e. The monoisotopic (exact) mass is 534 g/mol. The summed E-state index contributed by atoms with van der Waals surface area (Å²) in [5, 5.41) is 4.94. The number of methoxy groups -OCH3 is 2. The number of hydrogen-bond donors (Lipinski definition) is 1. The zero-order valence-electron chi connectivity index (χ0n) is 21.1. The summed E-state index contributed by atoms with van der Waals surface area (Å²) in [4.78, 5) is 47.3. The maximum Gasteiger partial charge on any atom is 0.324 e. The molecule has 196 valence electrons. The second-order valence-corrected chi connectivity index (χ2v) is 10.00. The molecule has 2 fully saturated rings. The summed E-state index contributed by atoms with van der Waals surface area (Å²) >= 11 is 6.15. The Balaban J connectivity index is 1.71. The number of rotatable bonds is 6. The summed E-state index contributed by atoms with van der Waals surface area (Å²) in [6.45, 7) is 1.95. The Kier molecular flexibility index (Phi) is 6.63. The number of esters is 2. The lowest BCUT2D eigenvalue weighted by Crippen LogP contribution is -2.48. The second-order valence-electron chi connectivity index (χ2n) is 9.56. The van der Waals surface area contributed by atoms with Crippen molar-refractivity contribution in [2.24, 2.45) is 10.8 Å². The van der Waals surface area contributed by atoms with Gasteiger partial charge in [0.05, 0.1) is 25.3 Å². The number of anilines is 2. The molecular formula is C29H27ClN2O6. The van der Waals surface area contributed by atoms with Gasteiger partial charge in [0.15, 0.2) is 5.41 Å². The molecule has 3 aromatic carbocycles. The molecular weight excluding hydrogens is 508 g/mol. The number of para-hydroxylation sites is 1. The molecule has 0 aromatic heterocycles. The predicted molar refractivity (Wildman–Crippen MR) is 141 cm³/mol. The van der Waals surface area contributed by atoms with Crippen molar-refractivity contribution in [3.63, 3.8) is 0 Å². The highest BCUT2D eigenvalue weighted by Gasteiger charge is 2.88. The van der Waals surface area contributed by atoms with Crippen molar-refractivity contribution >= 4 is 40.8 Å². The zero-order valence-corrected chi connectivity index (χ0v) is 21.9. The number of hydrogen-bond acceptors (Lipinski definition) is 7. The molecule has 1 aliphatic carbocycles. The van der Waals surface area contributed by atoms with Crippen LogP contribution in [0.1, 0.15) is 23.7 Å². The average Bonchev–Trinajstić information content (AvgIpc) is 3.50. The van der Waals surface area contributed by atoms with Crippen LogP contribution in [0.3, 0.4) is 0 Å². The van der Waals surface area contributed by atoms with E-state index >= 15 is 0 Å². The molecule has 1 spiro atoms. The van der Waals surface area contributed by atoms with Crippen LogP contribution in [0.25, 0.3) is 0 Å². The standard InChI is InChI=1S/C29H27ClN2O6/c1-18-9-15-22(16-10-18)32-23(25(33)31-21-7-5-4-6-8-21)28(17-29(28,26(34)36-2)27(35)37-3)24(38-32)19-11-13-20(30)14-12-19/h4-16,23-24H,17H2,1-3H3,(H,31,33)/t23-,24+,28-/m0/s1. The van der Waals surface area contributed by atoms with E-state index < -0.39 is 40.8 Å². The normalized spacial score (nSPS) is 23.1. The molecule has 1 saturated carbocycles. The van der Waals surface area contributed by atoms with Gasteiger partial charge in [-0.25, -0.2) is 5.06 Å². The molecule has 3 aromatic rings. The van der Waals surface area contributed by atoms with Gasteiger partial charge in [-0.15, -0.1) is 0 Å². The molecule has 1 aliphatic heterocycles. The first-order valence-corrected chi connectivity index (χ1v) is 12.5. The highest BCUT2D eigenvalue weighted by atomic mass is 35.5. The van der Waals surface area contributed by atoms with Gasteiger partial charge in [0, 0.05) is 10.7 Å². The maximum atomic E-state index is 14.1. The van der Waals surface area contributed by atoms with Crippen LogP contribution in [0.15, 0.2) is 78.9 Å². The van der Waals surface area contributed by atoms with E-state index in [-0.39, 0.29) is 6.42 Å². The summed E-state index contributed by atoms with van der Waals surface area (Å²) in [6, 6.07) is 22.2. The van der Waals surface area contributed by atoms with E-state index in [2.05, 4.69) is 5.32 Å². The fourth-order valence-electron chi connectivity index (χ4n) is 5.59. The van der Waals surface area contributed by atoms with Crippen LogP contribution in [0.2, 0.25) is 5.02 Å². The van der Waals surface area contributed by atoms with Gasteiger partial charge in [0.1, 0.15) is 12.1 Å². The minimum absolute atomic E-state index is 0.0120. The molecule has 1 N–H and O–H groups in total. The van der Waals surface area contributed by atoms with Crippen molar-refractivity contribution in [2.45, 2.75) is 25.5 Å². The molecule has 0 unspecified atom stereocenters. The Morgan fingerprint density at radius 2 is 1.53 bits per heavy atom. The molecule has 8 nitrogen and oxygen atoms in total. The highest BCUT2D eigenvalue weighted by molar-refractivity contribution is 6.30. The Labute approximate surface area is 225 Å². The number of benzene rings is 3. The van der Waals surface area contributed by atoms with E-state index in [0.717, 1.165) is 5.56 Å². The molecule has 2 aliphatic rings. The van der Waals surface area contributed by atoms with Crippen molar-refractivity contribution < 1.29 is 28.7 Å². The largest absolute Gasteiger partial charge is 0.468 e. The molecule has 38 heavy (non-hydrogen) atoms. The third kappa shape index (κ3) is 3.92. The number of hydroxylamine groups is 1. The Bertz CT molecular complexity index is 1350. The zero-order chi connectivity index (χ0) is 27.1. The van der Waals surface area contributed by atoms with Crippen molar-refractivity contribution in [1.82, 2.24) is 0 Å². The first kappa shape index (κ1) is 25.8. The molecule has 0 radical (unpaired) electrons. The van der Waals surface area contributed by atoms with E-state index in [9.17, 15) is 14.4 Å². The molecule has 9 heteroatoms. The van der Waals surface area contributed by atoms with Gasteiger partial charge in [-0.05, 0) is 55.3 Å². The van der Waals surface area contributed by atoms with Gasteiger partial charge in [-0.1, -0.05) is 59.6 Å². The third-order valence-corrected chi connectivity index (χ3v) is 7.71. The second kappa shape index (κ2) is 9.78. The molecule has 3 atom stereocenters. The van der Waals surface area contributed by atoms with E-state index in [1.807, 2.05) is 37.3 Å². The number of amides is 1. The lowest BCUT2D eigenvalue weighted by Gasteiger charge is -2.28. The Morgan fingerprint density at radius 1 is 0.921 bits per heavy atom. The Hall–Kier alpha value is -3.88. The van der Waals surface area contributed by atoms with Crippen molar-refractivity contribution in [3.8, 4) is 0 Å². The van der Waals surface area contributed by atoms with E-state index in [1.54, 1.807) is 48.5 Å². The number of carbonyl (C=O) groups is 3. The molecule has 1 heterocycles. The van der Waals surface area contributed by atoms with Gasteiger partial charge in [-0.2, -0.15) is 0 Å². The first-order chi connectivity index (χ1) is 18.3. The number of aryl methyl sites for hydroxylation is 1. The van der Waals surface area contributed by atoms with Crippen LogP contribution in [0, 0.1) is 17.8 Å². The van der Waals surface area contributed by atoms with Crippen LogP contribution in [0.4, 0.5) is 11.4 Å². The highest BCUT2D eigenvalue weighted by Crippen LogP contribution is 2.77. The van der Waals surface area contributed by atoms with Crippen molar-refractivity contribution in [2.75, 3.05) is 24.6 Å². The van der Waals surface area contributed by atoms with E-state index in [1.165, 1.54) is 19.3 Å². The number of ether oxygens (including phenoxy) is 2. The lowest BCUT2D eigenvalue weighted by molar-refractivity contribution is -0.164. The van der Waals surface area contributed by atoms with Crippen LogP contribution in [-0.4, -0.2) is 38.1 Å². The predicted octanol–water partition coefficient (Wildman–Crippen LogP) is 4.87. The summed E-state index contributed by atoms with van der Waals surface area (Å²) in [7, 11) is 2.42. The molecule has 5 rings (SSSR count). The summed E-state index contributed by atoms with van der Waals surface area (Å²) in [6.07, 6.45) is -0.882. The SMILES string of the molecule is COC(=O)C1(C(=O)OC)C[C@]12[C@@H](c1ccc(Cl)cc1)ON(c1ccc(C)cc1)[C@H]2C(=O)Nc1ccccc1. The van der Waals surface area contributed by atoms with Crippen LogP contribution in [0.5, 0.6) is 0 Å². The fourth-order valence-corrected chi connectivity index (χ4v) is 5.71. The summed E-state index contributed by atoms with van der Waals surface area (Å²) in [5.74, 6) is -2.01. The molecule has 1 amide bonds. The van der Waals surface area contributed by atoms with Crippen LogP contribution in [-0.2, 0) is 28.7 Å². The number of nitrogens with zero attached hydrogens (tertiary/aromatic N) is 1. The number of halogens is 1. The van der Waals surface area contributed by atoms with E-state index in [4.69, 9.17) is 25.9 Å². The van der Waals surface area contributed by atoms with Gasteiger partial charge in [0.2, 0.25) is 5.91 Å². The third-order valence-electron chi connectivity index (χ3n) is 7.46. The van der Waals surface area contributed by atoms with Gasteiger partial charge < -0.3 is 14.8 Å². The topological polar surface area (TPSA) is 94.2 Å². The molecule has 0 bridgehead atoms. The van der Waals surface area contributed by atoms with E-state index in [0.29, 0.717) is 22.0 Å². The lowest BCUT2D eigenvalue weighted by atomic mass is 9.78. The van der Waals surface area contributed by atoms with Crippen LogP contribution >= 0.6 is 11.6 Å². The number of carbonyl (C=O) groups excluding carboxylic acids is 3. The maximum absolute atomic E-state index is 14.1. The minimum Gasteiger partial charge on any atom is -0.468 e. The minimum atomic E-state index is -1.76. The Morgan fingerprint density at radius 3 is 2.11 bits per heavy atom. The quantitative estimate of drug-likeness (QED) is 0.356. The molecule has 1 saturated heterocycles. The van der Waals surface area contributed by atoms with Gasteiger partial charge in [0.25, 0.3) is 0 Å². The van der Waals surface area contributed by atoms with Gasteiger partial charge in [-0.3, -0.25) is 19.2 Å². The van der Waals surface area contributed by atoms with Crippen molar-refractivity contribution in [1.29, 1.82) is 0 Å².